The predicted octanol–water partition coefficient (Wildman–Crippen LogP) is 2.82. The van der Waals surface area contributed by atoms with Crippen LogP contribution in [-0.2, 0) is 14.3 Å². The van der Waals surface area contributed by atoms with E-state index >= 15 is 0 Å². The van der Waals surface area contributed by atoms with Crippen molar-refractivity contribution in [2.75, 3.05) is 27.2 Å². The number of amides is 2. The van der Waals surface area contributed by atoms with Crippen molar-refractivity contribution in [1.29, 1.82) is 0 Å². The lowest BCUT2D eigenvalue weighted by molar-refractivity contribution is -0.143. The van der Waals surface area contributed by atoms with Crippen LogP contribution in [0, 0.1) is 5.92 Å². The second kappa shape index (κ2) is 10.3. The molecule has 0 spiro atoms. The molecule has 8 nitrogen and oxygen atoms in total. The average molecular weight is 466 g/mol. The maximum absolute atomic E-state index is 12.8. The predicted molar refractivity (Wildman–Crippen MR) is 127 cm³/mol. The van der Waals surface area contributed by atoms with Crippen molar-refractivity contribution >= 4 is 18.0 Å². The Bertz CT molecular complexity index is 1020. The molecule has 3 atom stereocenters. The summed E-state index contributed by atoms with van der Waals surface area (Å²) in [4.78, 5) is 38.7. The topological polar surface area (TPSA) is 108 Å². The Morgan fingerprint density at radius 2 is 1.65 bits per heavy atom. The summed E-state index contributed by atoms with van der Waals surface area (Å²) in [7, 11) is 3.50. The summed E-state index contributed by atoms with van der Waals surface area (Å²) in [5, 5.41) is 14.9. The van der Waals surface area contributed by atoms with E-state index in [4.69, 9.17) is 4.74 Å². The average Bonchev–Trinajstić information content (AvgIpc) is 3.39. The van der Waals surface area contributed by atoms with E-state index in [0.29, 0.717) is 12.8 Å². The van der Waals surface area contributed by atoms with Gasteiger partial charge in [0.25, 0.3) is 0 Å². The highest BCUT2D eigenvalue weighted by molar-refractivity contribution is 5.86. The van der Waals surface area contributed by atoms with E-state index in [9.17, 15) is 19.5 Å². The molecule has 0 saturated heterocycles. The van der Waals surface area contributed by atoms with E-state index in [1.165, 1.54) is 0 Å². The van der Waals surface area contributed by atoms with Gasteiger partial charge in [-0.25, -0.2) is 9.59 Å². The Hall–Kier alpha value is -3.39. The van der Waals surface area contributed by atoms with E-state index < -0.39 is 24.0 Å². The fraction of sp³-hybridized carbons (Fsp3) is 0.423. The highest BCUT2D eigenvalue weighted by Crippen LogP contribution is 2.44. The van der Waals surface area contributed by atoms with Crippen molar-refractivity contribution in [3.63, 3.8) is 0 Å². The fourth-order valence-corrected chi connectivity index (χ4v) is 5.07. The van der Waals surface area contributed by atoms with E-state index in [-0.39, 0.29) is 31.0 Å². The lowest BCUT2D eigenvalue weighted by atomic mass is 9.98. The van der Waals surface area contributed by atoms with Crippen LogP contribution in [0.4, 0.5) is 4.79 Å². The molecule has 2 amide bonds. The third kappa shape index (κ3) is 5.07. The summed E-state index contributed by atoms with van der Waals surface area (Å²) < 4.78 is 5.62. The van der Waals surface area contributed by atoms with Crippen molar-refractivity contribution in [2.45, 2.75) is 37.3 Å². The second-order valence-corrected chi connectivity index (χ2v) is 9.28. The van der Waals surface area contributed by atoms with Crippen LogP contribution in [-0.4, -0.2) is 67.3 Å². The minimum atomic E-state index is -1.08. The van der Waals surface area contributed by atoms with Gasteiger partial charge in [0.15, 0.2) is 0 Å². The van der Waals surface area contributed by atoms with Gasteiger partial charge in [0.1, 0.15) is 12.6 Å². The molecule has 2 aliphatic carbocycles. The zero-order valence-corrected chi connectivity index (χ0v) is 19.5. The van der Waals surface area contributed by atoms with Crippen LogP contribution in [0.15, 0.2) is 48.5 Å². The quantitative estimate of drug-likeness (QED) is 0.553. The van der Waals surface area contributed by atoms with Gasteiger partial charge in [-0.1, -0.05) is 55.0 Å². The number of carboxylic acids is 1. The van der Waals surface area contributed by atoms with Crippen LogP contribution in [0.3, 0.4) is 0 Å². The molecule has 2 aromatic rings. The Balaban J connectivity index is 1.36. The normalized spacial score (nSPS) is 19.9. The van der Waals surface area contributed by atoms with Crippen LogP contribution in [0.25, 0.3) is 11.1 Å². The maximum Gasteiger partial charge on any atom is 0.407 e. The number of hydrogen-bond acceptors (Lipinski definition) is 5. The van der Waals surface area contributed by atoms with Gasteiger partial charge < -0.3 is 25.4 Å². The summed E-state index contributed by atoms with van der Waals surface area (Å²) >= 11 is 0. The molecule has 0 radical (unpaired) electrons. The molecule has 1 saturated carbocycles. The minimum absolute atomic E-state index is 0.0387. The number of likely N-dealkylation sites (N-methyl/N-ethyl adjacent to an activating group) is 1. The number of nitrogens with zero attached hydrogens (tertiary/aromatic N) is 1. The zero-order valence-electron chi connectivity index (χ0n) is 19.5. The van der Waals surface area contributed by atoms with Crippen molar-refractivity contribution in [2.24, 2.45) is 5.92 Å². The number of nitrogens with one attached hydrogen (secondary N) is 2. The van der Waals surface area contributed by atoms with Crippen LogP contribution < -0.4 is 10.6 Å². The number of hydrogen-bond donors (Lipinski definition) is 3. The summed E-state index contributed by atoms with van der Waals surface area (Å²) in [6, 6.07) is 14.9. The van der Waals surface area contributed by atoms with Gasteiger partial charge in [-0.05, 0) is 49.2 Å². The molecular weight excluding hydrogens is 434 g/mol. The van der Waals surface area contributed by atoms with Gasteiger partial charge in [0.05, 0.1) is 5.92 Å². The highest BCUT2D eigenvalue weighted by atomic mass is 16.5. The summed E-state index contributed by atoms with van der Waals surface area (Å²) in [6.45, 7) is 0.394. The molecule has 3 N–H and O–H groups in total. The number of carbonyl (C=O) groups excluding carboxylic acids is 2. The third-order valence-electron chi connectivity index (χ3n) is 6.66. The number of carbonyl (C=O) groups is 3. The van der Waals surface area contributed by atoms with Crippen LogP contribution in [0.2, 0.25) is 0 Å². The van der Waals surface area contributed by atoms with Gasteiger partial charge in [-0.2, -0.15) is 0 Å². The summed E-state index contributed by atoms with van der Waals surface area (Å²) in [5.41, 5.74) is 4.58. The number of aliphatic carboxylic acids is 1. The largest absolute Gasteiger partial charge is 0.480 e. The van der Waals surface area contributed by atoms with E-state index in [0.717, 1.165) is 28.7 Å². The van der Waals surface area contributed by atoms with Crippen LogP contribution in [0.5, 0.6) is 0 Å². The molecule has 1 fully saturated rings. The van der Waals surface area contributed by atoms with Gasteiger partial charge in [-0.15, -0.1) is 0 Å². The Morgan fingerprint density at radius 1 is 1.03 bits per heavy atom. The fourth-order valence-electron chi connectivity index (χ4n) is 5.07. The molecule has 180 valence electrons. The Morgan fingerprint density at radius 3 is 2.24 bits per heavy atom. The second-order valence-electron chi connectivity index (χ2n) is 9.28. The number of fused-ring (bicyclic) bond motifs is 3. The first-order chi connectivity index (χ1) is 16.3. The van der Waals surface area contributed by atoms with E-state index in [1.54, 1.807) is 19.0 Å². The van der Waals surface area contributed by atoms with Gasteiger partial charge in [0.2, 0.25) is 5.91 Å². The monoisotopic (exact) mass is 465 g/mol. The molecule has 0 bridgehead atoms. The number of benzene rings is 2. The molecule has 8 heteroatoms. The van der Waals surface area contributed by atoms with Crippen LogP contribution in [0.1, 0.15) is 36.3 Å². The van der Waals surface area contributed by atoms with E-state index in [1.807, 2.05) is 24.3 Å². The molecule has 2 aliphatic rings. The molecular formula is C26H31N3O5. The van der Waals surface area contributed by atoms with Crippen LogP contribution >= 0.6 is 0 Å². The minimum Gasteiger partial charge on any atom is -0.480 e. The first kappa shape index (κ1) is 23.8. The first-order valence-corrected chi connectivity index (χ1v) is 11.6. The van der Waals surface area contributed by atoms with Gasteiger partial charge >= 0.3 is 12.1 Å². The third-order valence-corrected chi connectivity index (χ3v) is 6.66. The Kier molecular flexibility index (Phi) is 7.17. The van der Waals surface area contributed by atoms with Gasteiger partial charge in [-0.3, -0.25) is 4.79 Å². The number of carboxylic acid groups (broad SMARTS) is 1. The lowest BCUT2D eigenvalue weighted by Gasteiger charge is -2.24. The standard InChI is InChI=1S/C26H31N3O5/c1-29(2)14-23(25(31)32)27-24(30)20-12-7-13-22(20)28-26(33)34-15-21-18-10-5-3-8-16(18)17-9-4-6-11-19(17)21/h3-6,8-11,20-23H,7,12-15H2,1-2H3,(H,27,30)(H,28,33)(H,31,32)/t20-,22+,23?/m1/s1. The summed E-state index contributed by atoms with van der Waals surface area (Å²) in [6.07, 6.45) is 1.45. The Labute approximate surface area is 199 Å². The SMILES string of the molecule is CN(C)CC(NC(=O)[C@@H]1CCC[C@@H]1NC(=O)OCC1c2ccccc2-c2ccccc21)C(=O)O. The van der Waals surface area contributed by atoms with Crippen molar-refractivity contribution in [3.8, 4) is 11.1 Å². The summed E-state index contributed by atoms with van der Waals surface area (Å²) in [5.74, 6) is -1.95. The maximum atomic E-state index is 12.8. The first-order valence-electron chi connectivity index (χ1n) is 11.6. The smallest absolute Gasteiger partial charge is 0.407 e. The molecule has 0 aromatic heterocycles. The van der Waals surface area contributed by atoms with Crippen molar-refractivity contribution in [3.05, 3.63) is 59.7 Å². The lowest BCUT2D eigenvalue weighted by Crippen LogP contribution is -2.51. The van der Waals surface area contributed by atoms with Crippen molar-refractivity contribution in [1.82, 2.24) is 15.5 Å². The number of alkyl carbamates (subject to hydrolysis) is 1. The molecule has 34 heavy (non-hydrogen) atoms. The van der Waals surface area contributed by atoms with Crippen molar-refractivity contribution < 1.29 is 24.2 Å². The molecule has 1 unspecified atom stereocenters. The van der Waals surface area contributed by atoms with E-state index in [2.05, 4.69) is 34.9 Å². The zero-order chi connectivity index (χ0) is 24.2. The number of ether oxygens (including phenoxy) is 1. The number of rotatable bonds is 8. The highest BCUT2D eigenvalue weighted by Gasteiger charge is 2.36. The molecule has 0 heterocycles. The molecule has 2 aromatic carbocycles. The molecule has 0 aliphatic heterocycles. The van der Waals surface area contributed by atoms with Gasteiger partial charge in [0, 0.05) is 18.5 Å². The molecule has 4 rings (SSSR count).